The molecule has 3 rings (SSSR count). The predicted molar refractivity (Wildman–Crippen MR) is 88.2 cm³/mol. The van der Waals surface area contributed by atoms with Crippen molar-refractivity contribution in [2.45, 2.75) is 50.2 Å². The van der Waals surface area contributed by atoms with E-state index < -0.39 is 0 Å². The van der Waals surface area contributed by atoms with Crippen molar-refractivity contribution in [2.24, 2.45) is 5.73 Å². The molecule has 2 bridgehead atoms. The summed E-state index contributed by atoms with van der Waals surface area (Å²) in [6, 6.07) is 10.1. The van der Waals surface area contributed by atoms with Gasteiger partial charge in [0.25, 0.3) is 0 Å². The first kappa shape index (κ1) is 13.8. The second kappa shape index (κ2) is 5.70. The Labute approximate surface area is 126 Å². The molecule has 108 valence electrons. The fraction of sp³-hybridized carbons (Fsp3) is 0.562. The van der Waals surface area contributed by atoms with E-state index in [-0.39, 0.29) is 0 Å². The molecule has 3 nitrogen and oxygen atoms in total. The molecule has 0 saturated carbocycles. The molecule has 4 heteroatoms. The normalized spacial score (nSPS) is 29.9. The molecule has 0 aliphatic carbocycles. The van der Waals surface area contributed by atoms with Crippen molar-refractivity contribution in [3.05, 3.63) is 29.8 Å². The molecule has 0 aromatic heterocycles. The lowest BCUT2D eigenvalue weighted by atomic mass is 9.82. The average molecular weight is 289 g/mol. The van der Waals surface area contributed by atoms with Gasteiger partial charge in [-0.05, 0) is 44.9 Å². The van der Waals surface area contributed by atoms with E-state index in [1.165, 1.54) is 32.1 Å². The van der Waals surface area contributed by atoms with Crippen molar-refractivity contribution >= 4 is 22.9 Å². The van der Waals surface area contributed by atoms with Crippen molar-refractivity contribution in [1.82, 2.24) is 4.90 Å². The summed E-state index contributed by atoms with van der Waals surface area (Å²) in [4.78, 5) is 3.06. The highest BCUT2D eigenvalue weighted by Crippen LogP contribution is 2.34. The summed E-state index contributed by atoms with van der Waals surface area (Å²) in [5, 5.41) is 3.69. The van der Waals surface area contributed by atoms with Gasteiger partial charge < -0.3 is 16.0 Å². The van der Waals surface area contributed by atoms with E-state index in [0.717, 1.165) is 23.3 Å². The van der Waals surface area contributed by atoms with Crippen LogP contribution >= 0.6 is 12.2 Å². The summed E-state index contributed by atoms with van der Waals surface area (Å²) in [6.07, 6.45) is 6.50. The lowest BCUT2D eigenvalue weighted by Crippen LogP contribution is -2.52. The number of thiocarbonyl (C=S) groups is 1. The molecule has 1 aromatic rings. The summed E-state index contributed by atoms with van der Waals surface area (Å²) in [5.74, 6) is 0. The largest absolute Gasteiger partial charge is 0.389 e. The number of nitrogens with zero attached hydrogens (tertiary/aromatic N) is 1. The third kappa shape index (κ3) is 2.67. The quantitative estimate of drug-likeness (QED) is 0.840. The first-order valence-electron chi connectivity index (χ1n) is 7.52. The van der Waals surface area contributed by atoms with Gasteiger partial charge >= 0.3 is 0 Å². The van der Waals surface area contributed by atoms with Gasteiger partial charge in [-0.1, -0.05) is 30.8 Å². The number of piperidine rings is 2. The van der Waals surface area contributed by atoms with E-state index in [4.69, 9.17) is 18.0 Å². The highest BCUT2D eigenvalue weighted by molar-refractivity contribution is 7.80. The van der Waals surface area contributed by atoms with Crippen LogP contribution in [0.3, 0.4) is 0 Å². The van der Waals surface area contributed by atoms with Crippen LogP contribution in [0.2, 0.25) is 0 Å². The lowest BCUT2D eigenvalue weighted by molar-refractivity contribution is 0.0608. The highest BCUT2D eigenvalue weighted by atomic mass is 32.1. The number of rotatable bonds is 3. The van der Waals surface area contributed by atoms with Gasteiger partial charge in [0.05, 0.1) is 0 Å². The molecule has 2 atom stereocenters. The highest BCUT2D eigenvalue weighted by Gasteiger charge is 2.35. The van der Waals surface area contributed by atoms with Crippen molar-refractivity contribution in [2.75, 3.05) is 12.4 Å². The minimum Gasteiger partial charge on any atom is -0.389 e. The Hall–Kier alpha value is -1.13. The van der Waals surface area contributed by atoms with Crippen molar-refractivity contribution in [1.29, 1.82) is 0 Å². The fourth-order valence-corrected chi connectivity index (χ4v) is 3.96. The van der Waals surface area contributed by atoms with Crippen LogP contribution in [0.15, 0.2) is 24.3 Å². The summed E-state index contributed by atoms with van der Waals surface area (Å²) in [7, 11) is 2.29. The number of anilines is 1. The fourth-order valence-electron chi connectivity index (χ4n) is 3.78. The van der Waals surface area contributed by atoms with Crippen LogP contribution in [0, 0.1) is 0 Å². The SMILES string of the molecule is CN1C2CCCC1CC(Nc1ccccc1C(N)=S)C2. The Bertz CT molecular complexity index is 488. The third-order valence-electron chi connectivity index (χ3n) is 4.89. The van der Waals surface area contributed by atoms with Gasteiger partial charge in [0.1, 0.15) is 4.99 Å². The van der Waals surface area contributed by atoms with Gasteiger partial charge in [-0.2, -0.15) is 0 Å². The zero-order chi connectivity index (χ0) is 14.1. The number of nitrogens with one attached hydrogen (secondary N) is 1. The Morgan fingerprint density at radius 2 is 1.90 bits per heavy atom. The topological polar surface area (TPSA) is 41.3 Å². The van der Waals surface area contributed by atoms with Crippen LogP contribution in [0.1, 0.15) is 37.7 Å². The molecule has 2 unspecified atom stereocenters. The summed E-state index contributed by atoms with van der Waals surface area (Å²) >= 11 is 5.15. The number of para-hydroxylation sites is 1. The number of benzene rings is 1. The van der Waals surface area contributed by atoms with Crippen molar-refractivity contribution in [3.63, 3.8) is 0 Å². The molecule has 20 heavy (non-hydrogen) atoms. The maximum absolute atomic E-state index is 5.82. The monoisotopic (exact) mass is 289 g/mol. The van der Waals surface area contributed by atoms with Crippen LogP contribution in [0.4, 0.5) is 5.69 Å². The predicted octanol–water partition coefficient (Wildman–Crippen LogP) is 2.75. The Morgan fingerprint density at radius 3 is 2.55 bits per heavy atom. The average Bonchev–Trinajstić information content (AvgIpc) is 2.40. The minimum atomic E-state index is 0.473. The van der Waals surface area contributed by atoms with Crippen LogP contribution in [-0.2, 0) is 0 Å². The molecule has 3 N–H and O–H groups in total. The Balaban J connectivity index is 1.74. The molecular formula is C16H23N3S. The lowest BCUT2D eigenvalue weighted by Gasteiger charge is -2.47. The Morgan fingerprint density at radius 1 is 1.25 bits per heavy atom. The minimum absolute atomic E-state index is 0.473. The molecule has 0 radical (unpaired) electrons. The molecule has 2 heterocycles. The zero-order valence-electron chi connectivity index (χ0n) is 12.0. The van der Waals surface area contributed by atoms with E-state index >= 15 is 0 Å². The van der Waals surface area contributed by atoms with E-state index in [1.54, 1.807) is 0 Å². The van der Waals surface area contributed by atoms with Crippen molar-refractivity contribution in [3.8, 4) is 0 Å². The third-order valence-corrected chi connectivity index (χ3v) is 5.11. The smallest absolute Gasteiger partial charge is 0.106 e. The van der Waals surface area contributed by atoms with Gasteiger partial charge in [-0.25, -0.2) is 0 Å². The van der Waals surface area contributed by atoms with Crippen LogP contribution < -0.4 is 11.1 Å². The summed E-state index contributed by atoms with van der Waals surface area (Å²) < 4.78 is 0. The standard InChI is InChI=1S/C16H23N3S/c1-19-12-5-4-6-13(19)10-11(9-12)18-15-8-3-2-7-14(15)16(17)20/h2-3,7-8,11-13,18H,4-6,9-10H2,1H3,(H2,17,20). The van der Waals surface area contributed by atoms with Gasteiger partial charge in [0, 0.05) is 29.4 Å². The zero-order valence-corrected chi connectivity index (χ0v) is 12.8. The molecule has 2 saturated heterocycles. The second-order valence-corrected chi connectivity index (χ2v) is 6.57. The first-order chi connectivity index (χ1) is 9.65. The van der Waals surface area contributed by atoms with E-state index in [2.05, 4.69) is 23.3 Å². The van der Waals surface area contributed by atoms with Crippen LogP contribution in [-0.4, -0.2) is 35.1 Å². The molecule has 0 amide bonds. The maximum Gasteiger partial charge on any atom is 0.106 e. The van der Waals surface area contributed by atoms with E-state index in [9.17, 15) is 0 Å². The van der Waals surface area contributed by atoms with Crippen LogP contribution in [0.25, 0.3) is 0 Å². The van der Waals surface area contributed by atoms with Crippen molar-refractivity contribution < 1.29 is 0 Å². The summed E-state index contributed by atoms with van der Waals surface area (Å²) in [5.41, 5.74) is 7.87. The number of hydrogen-bond acceptors (Lipinski definition) is 3. The van der Waals surface area contributed by atoms with E-state index in [1.807, 2.05) is 18.2 Å². The van der Waals surface area contributed by atoms with Gasteiger partial charge in [-0.15, -0.1) is 0 Å². The van der Waals surface area contributed by atoms with Gasteiger partial charge in [0.2, 0.25) is 0 Å². The molecular weight excluding hydrogens is 266 g/mol. The number of nitrogens with two attached hydrogens (primary N) is 1. The van der Waals surface area contributed by atoms with Gasteiger partial charge in [-0.3, -0.25) is 0 Å². The summed E-state index contributed by atoms with van der Waals surface area (Å²) in [6.45, 7) is 0. The van der Waals surface area contributed by atoms with Crippen LogP contribution in [0.5, 0.6) is 0 Å². The first-order valence-corrected chi connectivity index (χ1v) is 7.93. The number of fused-ring (bicyclic) bond motifs is 2. The Kier molecular flexibility index (Phi) is 3.94. The molecule has 1 aromatic carbocycles. The molecule has 0 spiro atoms. The molecule has 2 fully saturated rings. The molecule has 2 aliphatic rings. The number of hydrogen-bond donors (Lipinski definition) is 2. The van der Waals surface area contributed by atoms with E-state index in [0.29, 0.717) is 11.0 Å². The second-order valence-electron chi connectivity index (χ2n) is 6.13. The van der Waals surface area contributed by atoms with Gasteiger partial charge in [0.15, 0.2) is 0 Å². The molecule has 2 aliphatic heterocycles. The maximum atomic E-state index is 5.82.